The fraction of sp³-hybridized carbons (Fsp3) is 0.462. The van der Waals surface area contributed by atoms with Crippen molar-refractivity contribution in [3.05, 3.63) is 35.4 Å². The molecule has 0 aromatic carbocycles. The van der Waals surface area contributed by atoms with Gasteiger partial charge in [0.1, 0.15) is 5.60 Å². The maximum atomic E-state index is 12.1. The Hall–Kier alpha value is -2.71. The van der Waals surface area contributed by atoms with E-state index in [1.807, 2.05) is 0 Å². The van der Waals surface area contributed by atoms with E-state index in [-0.39, 0.29) is 5.88 Å². The maximum absolute atomic E-state index is 12.1. The molecular formula is C13H19N5O4. The van der Waals surface area contributed by atoms with E-state index in [1.165, 1.54) is 10.8 Å². The lowest BCUT2D eigenvalue weighted by atomic mass is 10.2. The van der Waals surface area contributed by atoms with Crippen LogP contribution in [-0.2, 0) is 17.8 Å². The van der Waals surface area contributed by atoms with Crippen molar-refractivity contribution in [1.82, 2.24) is 18.8 Å². The van der Waals surface area contributed by atoms with Gasteiger partial charge in [0.05, 0.1) is 12.5 Å². The lowest BCUT2D eigenvalue weighted by molar-refractivity contribution is 0.0609. The van der Waals surface area contributed by atoms with Crippen molar-refractivity contribution < 1.29 is 14.6 Å². The van der Waals surface area contributed by atoms with Gasteiger partial charge in [-0.25, -0.2) is 20.0 Å². The smallest absolute Gasteiger partial charge is 0.427 e. The number of amides is 1. The number of aromatic hydroxyl groups is 1. The average molecular weight is 309 g/mol. The third kappa shape index (κ3) is 3.90. The summed E-state index contributed by atoms with van der Waals surface area (Å²) in [6, 6.07) is 0. The second kappa shape index (κ2) is 5.96. The first-order chi connectivity index (χ1) is 10.3. The lowest BCUT2D eigenvalue weighted by Crippen LogP contribution is -2.37. The van der Waals surface area contributed by atoms with Crippen LogP contribution in [0.25, 0.3) is 0 Å². The van der Waals surface area contributed by atoms with E-state index in [9.17, 15) is 14.7 Å². The van der Waals surface area contributed by atoms with E-state index in [0.717, 1.165) is 4.68 Å². The largest absolute Gasteiger partial charge is 0.492 e. The summed E-state index contributed by atoms with van der Waals surface area (Å²) in [6.07, 6.45) is 5.45. The van der Waals surface area contributed by atoms with Gasteiger partial charge in [0.25, 0.3) is 0 Å². The van der Waals surface area contributed by atoms with Crippen molar-refractivity contribution in [3.63, 3.8) is 0 Å². The second-order valence-electron chi connectivity index (χ2n) is 5.71. The second-order valence-corrected chi connectivity index (χ2v) is 5.71. The molecule has 2 aromatic heterocycles. The molecule has 0 fully saturated rings. The molecule has 0 atom stereocenters. The minimum absolute atomic E-state index is 0.325. The van der Waals surface area contributed by atoms with E-state index >= 15 is 0 Å². The highest BCUT2D eigenvalue weighted by Gasteiger charge is 2.19. The molecule has 0 aliphatic rings. The first-order valence-corrected chi connectivity index (χ1v) is 6.73. The Morgan fingerprint density at radius 1 is 1.41 bits per heavy atom. The SMILES string of the molecule is CC(C)(C)OC(=O)Nn1c(O)cn(CCn2ccnc2)c1=O. The molecule has 2 aromatic rings. The lowest BCUT2D eigenvalue weighted by Gasteiger charge is -2.19. The zero-order chi connectivity index (χ0) is 16.3. The van der Waals surface area contributed by atoms with Crippen LogP contribution in [0.1, 0.15) is 20.8 Å². The number of carbonyl (C=O) groups is 1. The quantitative estimate of drug-likeness (QED) is 0.866. The van der Waals surface area contributed by atoms with Gasteiger partial charge in [-0.05, 0) is 20.8 Å². The monoisotopic (exact) mass is 309 g/mol. The van der Waals surface area contributed by atoms with Crippen molar-refractivity contribution in [2.24, 2.45) is 0 Å². The summed E-state index contributed by atoms with van der Waals surface area (Å²) in [7, 11) is 0. The van der Waals surface area contributed by atoms with Gasteiger partial charge in [0.2, 0.25) is 5.88 Å². The molecule has 0 spiro atoms. The predicted octanol–water partition coefficient (Wildman–Crippen LogP) is 0.731. The summed E-state index contributed by atoms with van der Waals surface area (Å²) in [5.41, 5.74) is 0.934. The van der Waals surface area contributed by atoms with E-state index in [1.54, 1.807) is 44.1 Å². The minimum Gasteiger partial charge on any atom is -0.492 e. The van der Waals surface area contributed by atoms with Crippen molar-refractivity contribution in [2.45, 2.75) is 39.5 Å². The van der Waals surface area contributed by atoms with Gasteiger partial charge < -0.3 is 14.4 Å². The van der Waals surface area contributed by atoms with Crippen LogP contribution >= 0.6 is 0 Å². The molecule has 2 rings (SSSR count). The molecule has 2 heterocycles. The van der Waals surface area contributed by atoms with Crippen LogP contribution in [0.5, 0.6) is 5.88 Å². The van der Waals surface area contributed by atoms with E-state index in [4.69, 9.17) is 4.74 Å². The van der Waals surface area contributed by atoms with E-state index < -0.39 is 17.4 Å². The summed E-state index contributed by atoms with van der Waals surface area (Å²) in [6.45, 7) is 5.93. The summed E-state index contributed by atoms with van der Waals surface area (Å²) in [5.74, 6) is -0.374. The van der Waals surface area contributed by atoms with Gasteiger partial charge in [-0.2, -0.15) is 4.68 Å². The van der Waals surface area contributed by atoms with E-state index in [0.29, 0.717) is 13.1 Å². The molecule has 2 N–H and O–H groups in total. The molecule has 22 heavy (non-hydrogen) atoms. The van der Waals surface area contributed by atoms with Crippen LogP contribution < -0.4 is 11.1 Å². The number of aromatic nitrogens is 4. The minimum atomic E-state index is -0.822. The van der Waals surface area contributed by atoms with Crippen molar-refractivity contribution >= 4 is 6.09 Å². The first-order valence-electron chi connectivity index (χ1n) is 6.73. The van der Waals surface area contributed by atoms with Gasteiger partial charge in [-0.3, -0.25) is 4.57 Å². The molecule has 1 amide bonds. The fourth-order valence-electron chi connectivity index (χ4n) is 1.78. The third-order valence-corrected chi connectivity index (χ3v) is 2.70. The fourth-order valence-corrected chi connectivity index (χ4v) is 1.78. The highest BCUT2D eigenvalue weighted by molar-refractivity contribution is 5.76. The highest BCUT2D eigenvalue weighted by Crippen LogP contribution is 2.08. The number of ether oxygens (including phenoxy) is 1. The number of nitrogens with one attached hydrogen (secondary N) is 1. The molecule has 0 radical (unpaired) electrons. The Bertz CT molecular complexity index is 693. The third-order valence-electron chi connectivity index (χ3n) is 2.70. The molecule has 120 valence electrons. The number of imidazole rings is 2. The van der Waals surface area contributed by atoms with Crippen molar-refractivity contribution in [2.75, 3.05) is 5.43 Å². The Morgan fingerprint density at radius 3 is 2.73 bits per heavy atom. The maximum Gasteiger partial charge on any atom is 0.427 e. The first kappa shape index (κ1) is 15.7. The topological polar surface area (TPSA) is 103 Å². The number of rotatable bonds is 4. The molecule has 9 nitrogen and oxygen atoms in total. The van der Waals surface area contributed by atoms with Crippen molar-refractivity contribution in [3.8, 4) is 5.88 Å². The Balaban J connectivity index is 2.07. The van der Waals surface area contributed by atoms with Gasteiger partial charge in [0, 0.05) is 25.5 Å². The zero-order valence-electron chi connectivity index (χ0n) is 12.7. The Labute approximate surface area is 126 Å². The average Bonchev–Trinajstić information content (AvgIpc) is 2.98. The summed E-state index contributed by atoms with van der Waals surface area (Å²) in [4.78, 5) is 27.7. The van der Waals surface area contributed by atoms with Crippen LogP contribution in [0, 0.1) is 0 Å². The molecule has 0 saturated carbocycles. The van der Waals surface area contributed by atoms with Crippen LogP contribution in [0.15, 0.2) is 29.7 Å². The molecule has 0 bridgehead atoms. The molecule has 9 heteroatoms. The molecular weight excluding hydrogens is 290 g/mol. The summed E-state index contributed by atoms with van der Waals surface area (Å²) >= 11 is 0. The predicted molar refractivity (Wildman–Crippen MR) is 78.2 cm³/mol. The number of aryl methyl sites for hydroxylation is 2. The van der Waals surface area contributed by atoms with Crippen LogP contribution in [0.2, 0.25) is 0 Å². The number of nitrogens with zero attached hydrogens (tertiary/aromatic N) is 4. The van der Waals surface area contributed by atoms with Gasteiger partial charge >= 0.3 is 11.8 Å². The van der Waals surface area contributed by atoms with Gasteiger partial charge in [-0.1, -0.05) is 0 Å². The number of hydrogen-bond acceptors (Lipinski definition) is 5. The molecule has 0 aliphatic carbocycles. The van der Waals surface area contributed by atoms with Crippen LogP contribution in [0.3, 0.4) is 0 Å². The molecule has 0 saturated heterocycles. The van der Waals surface area contributed by atoms with Crippen molar-refractivity contribution in [1.29, 1.82) is 0 Å². The van der Waals surface area contributed by atoms with Gasteiger partial charge in [0.15, 0.2) is 0 Å². The standard InChI is InChI=1S/C13H19N5O4/c1-13(2,3)22-11(20)15-18-10(19)8-17(12(18)21)7-6-16-5-4-14-9-16/h4-5,8-9,19H,6-7H2,1-3H3,(H,15,20). The molecule has 0 aliphatic heterocycles. The highest BCUT2D eigenvalue weighted by atomic mass is 16.6. The summed E-state index contributed by atoms with van der Waals surface area (Å²) < 4.78 is 8.85. The summed E-state index contributed by atoms with van der Waals surface area (Å²) in [5, 5.41) is 9.77. The Morgan fingerprint density at radius 2 is 2.14 bits per heavy atom. The normalized spacial score (nSPS) is 11.4. The molecule has 0 unspecified atom stereocenters. The van der Waals surface area contributed by atoms with Crippen LogP contribution in [-0.4, -0.2) is 35.6 Å². The Kier molecular flexibility index (Phi) is 4.25. The van der Waals surface area contributed by atoms with E-state index in [2.05, 4.69) is 10.4 Å². The van der Waals surface area contributed by atoms with Crippen LogP contribution in [0.4, 0.5) is 4.79 Å². The number of carbonyl (C=O) groups excluding carboxylic acids is 1. The van der Waals surface area contributed by atoms with Gasteiger partial charge in [-0.15, -0.1) is 0 Å². The number of hydrogen-bond donors (Lipinski definition) is 2. The zero-order valence-corrected chi connectivity index (χ0v) is 12.7.